The van der Waals surface area contributed by atoms with Crippen molar-refractivity contribution in [2.24, 2.45) is 0 Å². The minimum absolute atomic E-state index is 0.654. The molecule has 1 heterocycles. The molecule has 78 valence electrons. The predicted octanol–water partition coefficient (Wildman–Crippen LogP) is 3.52. The number of pyridine rings is 1. The van der Waals surface area contributed by atoms with Crippen LogP contribution >= 0.6 is 15.9 Å². The van der Waals surface area contributed by atoms with Gasteiger partial charge in [0.25, 0.3) is 0 Å². The van der Waals surface area contributed by atoms with Crippen LogP contribution in [0.2, 0.25) is 0 Å². The molecule has 0 fully saturated rings. The van der Waals surface area contributed by atoms with Gasteiger partial charge in [0.1, 0.15) is 0 Å². The number of aromatic nitrogens is 1. The lowest BCUT2D eigenvalue weighted by Gasteiger charge is -2.03. The first kappa shape index (κ1) is 10.8. The number of hydrogen-bond acceptors (Lipinski definition) is 2. The summed E-state index contributed by atoms with van der Waals surface area (Å²) in [5.41, 5.74) is 3.49. The summed E-state index contributed by atoms with van der Waals surface area (Å²) in [4.78, 5) is 4.35. The third-order valence-corrected chi connectivity index (χ3v) is 2.95. The zero-order valence-corrected chi connectivity index (χ0v) is 10.1. The smallest absolute Gasteiger partial charge is 0.0998 e. The van der Waals surface area contributed by atoms with E-state index in [1.165, 1.54) is 0 Å². The summed E-state index contributed by atoms with van der Waals surface area (Å²) >= 11 is 3.37. The van der Waals surface area contributed by atoms with Crippen molar-refractivity contribution < 1.29 is 0 Å². The Morgan fingerprint density at radius 2 is 2.00 bits per heavy atom. The fourth-order valence-electron chi connectivity index (χ4n) is 1.47. The summed E-state index contributed by atoms with van der Waals surface area (Å²) in [6, 6.07) is 13.6. The highest BCUT2D eigenvalue weighted by Crippen LogP contribution is 2.21. The minimum atomic E-state index is 0.654. The first-order valence-corrected chi connectivity index (χ1v) is 5.97. The van der Waals surface area contributed by atoms with E-state index in [2.05, 4.69) is 27.0 Å². The van der Waals surface area contributed by atoms with Crippen molar-refractivity contribution in [2.45, 2.75) is 5.33 Å². The maximum absolute atomic E-state index is 9.00. The zero-order valence-electron chi connectivity index (χ0n) is 8.52. The Morgan fingerprint density at radius 1 is 1.19 bits per heavy atom. The number of halogens is 1. The second kappa shape index (κ2) is 4.91. The lowest BCUT2D eigenvalue weighted by Crippen LogP contribution is -1.88. The van der Waals surface area contributed by atoms with E-state index in [0.717, 1.165) is 22.2 Å². The first-order chi connectivity index (χ1) is 7.85. The van der Waals surface area contributed by atoms with Gasteiger partial charge in [-0.3, -0.25) is 4.98 Å². The van der Waals surface area contributed by atoms with E-state index in [4.69, 9.17) is 5.26 Å². The standard InChI is InChI=1S/C13H9BrN2/c14-7-10-5-6-13(16-9-10)12-4-2-1-3-11(12)8-15/h1-6,9H,7H2. The van der Waals surface area contributed by atoms with Gasteiger partial charge in [0.2, 0.25) is 0 Å². The number of benzene rings is 1. The highest BCUT2D eigenvalue weighted by Gasteiger charge is 2.04. The van der Waals surface area contributed by atoms with Crippen LogP contribution < -0.4 is 0 Å². The molecule has 0 spiro atoms. The van der Waals surface area contributed by atoms with Crippen molar-refractivity contribution in [1.82, 2.24) is 4.98 Å². The van der Waals surface area contributed by atoms with Crippen LogP contribution in [0.1, 0.15) is 11.1 Å². The van der Waals surface area contributed by atoms with E-state index in [9.17, 15) is 0 Å². The maximum Gasteiger partial charge on any atom is 0.0998 e. The fourth-order valence-corrected chi connectivity index (χ4v) is 1.80. The molecule has 0 unspecified atom stereocenters. The van der Waals surface area contributed by atoms with Crippen molar-refractivity contribution in [3.63, 3.8) is 0 Å². The first-order valence-electron chi connectivity index (χ1n) is 4.85. The van der Waals surface area contributed by atoms with Crippen LogP contribution in [0.25, 0.3) is 11.3 Å². The summed E-state index contributed by atoms with van der Waals surface area (Å²) in [5.74, 6) is 0. The molecule has 0 aliphatic heterocycles. The molecule has 0 saturated carbocycles. The molecule has 0 amide bonds. The van der Waals surface area contributed by atoms with Gasteiger partial charge in [0.15, 0.2) is 0 Å². The Hall–Kier alpha value is -1.66. The molecule has 0 aliphatic rings. The van der Waals surface area contributed by atoms with E-state index in [1.807, 2.05) is 36.5 Å². The van der Waals surface area contributed by atoms with Crippen molar-refractivity contribution in [3.8, 4) is 17.3 Å². The molecule has 2 aromatic rings. The van der Waals surface area contributed by atoms with Crippen LogP contribution in [0.15, 0.2) is 42.6 Å². The fraction of sp³-hybridized carbons (Fsp3) is 0.0769. The van der Waals surface area contributed by atoms with E-state index in [-0.39, 0.29) is 0 Å². The van der Waals surface area contributed by atoms with Gasteiger partial charge in [0.05, 0.1) is 17.3 Å². The Kier molecular flexibility index (Phi) is 3.33. The third-order valence-electron chi connectivity index (χ3n) is 2.30. The topological polar surface area (TPSA) is 36.7 Å². The summed E-state index contributed by atoms with van der Waals surface area (Å²) in [7, 11) is 0. The Bertz CT molecular complexity index is 526. The van der Waals surface area contributed by atoms with Gasteiger partial charge < -0.3 is 0 Å². The monoisotopic (exact) mass is 272 g/mol. The molecule has 0 bridgehead atoms. The quantitative estimate of drug-likeness (QED) is 0.785. The van der Waals surface area contributed by atoms with Gasteiger partial charge in [-0.25, -0.2) is 0 Å². The molecule has 0 N–H and O–H groups in total. The van der Waals surface area contributed by atoms with Crippen LogP contribution in [0.4, 0.5) is 0 Å². The van der Waals surface area contributed by atoms with Crippen LogP contribution in [-0.2, 0) is 5.33 Å². The largest absolute Gasteiger partial charge is 0.256 e. The molecule has 1 aromatic heterocycles. The average Bonchev–Trinajstić information content (AvgIpc) is 2.39. The molecule has 0 saturated heterocycles. The number of rotatable bonds is 2. The van der Waals surface area contributed by atoms with Gasteiger partial charge in [-0.1, -0.05) is 40.2 Å². The lowest BCUT2D eigenvalue weighted by molar-refractivity contribution is 1.26. The molecular weight excluding hydrogens is 264 g/mol. The van der Waals surface area contributed by atoms with E-state index in [1.54, 1.807) is 6.07 Å². The normalized spacial score (nSPS) is 9.75. The average molecular weight is 273 g/mol. The van der Waals surface area contributed by atoms with Gasteiger partial charge in [-0.05, 0) is 17.7 Å². The number of hydrogen-bond donors (Lipinski definition) is 0. The second-order valence-corrected chi connectivity index (χ2v) is 3.90. The minimum Gasteiger partial charge on any atom is -0.256 e. The molecule has 1 aromatic carbocycles. The van der Waals surface area contributed by atoms with Gasteiger partial charge in [0, 0.05) is 17.1 Å². The van der Waals surface area contributed by atoms with Crippen LogP contribution in [0.3, 0.4) is 0 Å². The van der Waals surface area contributed by atoms with Gasteiger partial charge >= 0.3 is 0 Å². The Labute approximate surface area is 103 Å². The van der Waals surface area contributed by atoms with Crippen LogP contribution in [-0.4, -0.2) is 4.98 Å². The van der Waals surface area contributed by atoms with Crippen molar-refractivity contribution in [3.05, 3.63) is 53.7 Å². The summed E-state index contributed by atoms with van der Waals surface area (Å²) < 4.78 is 0. The highest BCUT2D eigenvalue weighted by atomic mass is 79.9. The summed E-state index contributed by atoms with van der Waals surface area (Å²) in [5, 5.41) is 9.79. The molecular formula is C13H9BrN2. The molecule has 3 heteroatoms. The number of alkyl halides is 1. The molecule has 0 aliphatic carbocycles. The predicted molar refractivity (Wildman–Crippen MR) is 67.0 cm³/mol. The van der Waals surface area contributed by atoms with Crippen molar-refractivity contribution >= 4 is 15.9 Å². The number of nitrogens with zero attached hydrogens (tertiary/aromatic N) is 2. The number of nitriles is 1. The second-order valence-electron chi connectivity index (χ2n) is 3.34. The molecule has 2 rings (SSSR count). The molecule has 0 radical (unpaired) electrons. The van der Waals surface area contributed by atoms with E-state index >= 15 is 0 Å². The Morgan fingerprint density at radius 3 is 2.62 bits per heavy atom. The molecule has 16 heavy (non-hydrogen) atoms. The van der Waals surface area contributed by atoms with Crippen molar-refractivity contribution in [1.29, 1.82) is 5.26 Å². The van der Waals surface area contributed by atoms with Gasteiger partial charge in [-0.2, -0.15) is 5.26 Å². The highest BCUT2D eigenvalue weighted by molar-refractivity contribution is 9.08. The van der Waals surface area contributed by atoms with Crippen LogP contribution in [0, 0.1) is 11.3 Å². The van der Waals surface area contributed by atoms with Crippen molar-refractivity contribution in [2.75, 3.05) is 0 Å². The SMILES string of the molecule is N#Cc1ccccc1-c1ccc(CBr)cn1. The van der Waals surface area contributed by atoms with Crippen LogP contribution in [0.5, 0.6) is 0 Å². The summed E-state index contributed by atoms with van der Waals surface area (Å²) in [6.07, 6.45) is 1.82. The zero-order chi connectivity index (χ0) is 11.4. The van der Waals surface area contributed by atoms with E-state index < -0.39 is 0 Å². The Balaban J connectivity index is 2.47. The molecule has 2 nitrogen and oxygen atoms in total. The maximum atomic E-state index is 9.00. The van der Waals surface area contributed by atoms with E-state index in [0.29, 0.717) is 5.56 Å². The lowest BCUT2D eigenvalue weighted by atomic mass is 10.0. The third kappa shape index (κ3) is 2.12. The van der Waals surface area contributed by atoms with Gasteiger partial charge in [-0.15, -0.1) is 0 Å². The molecule has 0 atom stereocenters. The summed E-state index contributed by atoms with van der Waals surface area (Å²) in [6.45, 7) is 0.